The number of nitrogen functional groups attached to an aromatic ring is 2. The Morgan fingerprint density at radius 3 is 1.23 bits per heavy atom. The first-order valence-corrected chi connectivity index (χ1v) is 16.8. The smallest absolute Gasteiger partial charge is 0.125 e. The molecule has 6 aromatic carbocycles. The van der Waals surface area contributed by atoms with E-state index in [0.717, 1.165) is 33.7 Å². The zero-order valence-electron chi connectivity index (χ0n) is 24.6. The molecule has 238 valence electrons. The molecule has 0 fully saturated rings. The number of hydrogen-bond donors (Lipinski definition) is 2. The van der Waals surface area contributed by atoms with Crippen molar-refractivity contribution in [2.24, 2.45) is 20.5 Å². The fourth-order valence-corrected chi connectivity index (χ4v) is 6.22. The highest BCUT2D eigenvalue weighted by Gasteiger charge is 2.12. The first-order chi connectivity index (χ1) is 22.9. The summed E-state index contributed by atoms with van der Waals surface area (Å²) in [5.41, 5.74) is 13.7. The van der Waals surface area contributed by atoms with Gasteiger partial charge in [-0.3, -0.25) is 0 Å². The van der Waals surface area contributed by atoms with Crippen molar-refractivity contribution in [2.45, 2.75) is 9.79 Å². The molecule has 4 N–H and O–H groups in total. The predicted octanol–water partition coefficient (Wildman–Crippen LogP) is 7.20. The standard InChI is InChI=1S/C34H24N6O6S2/c35-29-15-17-31(27-7-3-1-5-25(27)29)39-37-23-13-11-21(33(19-23)47(41,42)43)9-10-22-12-14-24(20-34(22)48(44,45)46)38-40-32-18-16-30(36)26-6-2-4-8-28(26)32/h1-8,11-20H,35-36H2,(H,41,42,43)(H,44,45,46)/p-2. The second kappa shape index (κ2) is 12.7. The van der Waals surface area contributed by atoms with Gasteiger partial charge in [-0.25, -0.2) is 16.8 Å². The molecule has 0 bridgehead atoms. The first-order valence-electron chi connectivity index (χ1n) is 14.0. The number of azo groups is 2. The molecule has 0 saturated carbocycles. The first kappa shape index (κ1) is 32.0. The molecule has 0 spiro atoms. The van der Waals surface area contributed by atoms with Gasteiger partial charge >= 0.3 is 0 Å². The Bertz CT molecular complexity index is 2430. The van der Waals surface area contributed by atoms with Crippen LogP contribution in [-0.2, 0) is 20.2 Å². The molecule has 6 aromatic rings. The lowest BCUT2D eigenvalue weighted by atomic mass is 10.1. The van der Waals surface area contributed by atoms with Gasteiger partial charge in [0.2, 0.25) is 0 Å². The van der Waals surface area contributed by atoms with Crippen molar-refractivity contribution in [3.63, 3.8) is 0 Å². The van der Waals surface area contributed by atoms with Crippen LogP contribution in [0.4, 0.5) is 34.1 Å². The summed E-state index contributed by atoms with van der Waals surface area (Å²) < 4.78 is 73.1. The number of fused-ring (bicyclic) bond motifs is 2. The SMILES string of the molecule is Nc1ccc(N=Nc2ccc(C#Cc3ccc(N=Nc4ccc(N)c5ccccc45)cc3S(=O)(=O)[O-])c(S(=O)(=O)[O-])c2)c2ccccc12. The van der Waals surface area contributed by atoms with E-state index in [2.05, 4.69) is 32.3 Å². The van der Waals surface area contributed by atoms with Crippen molar-refractivity contribution in [1.29, 1.82) is 0 Å². The fourth-order valence-electron chi connectivity index (χ4n) is 4.91. The topological polar surface area (TPSA) is 216 Å². The van der Waals surface area contributed by atoms with E-state index in [4.69, 9.17) is 11.5 Å². The van der Waals surface area contributed by atoms with Gasteiger partial charge < -0.3 is 20.6 Å². The summed E-state index contributed by atoms with van der Waals surface area (Å²) in [7, 11) is -10.1. The maximum absolute atomic E-state index is 12.2. The summed E-state index contributed by atoms with van der Waals surface area (Å²) >= 11 is 0. The van der Waals surface area contributed by atoms with Gasteiger partial charge in [-0.15, -0.1) is 10.2 Å². The quantitative estimate of drug-likeness (QED) is 0.0795. The monoisotopic (exact) mass is 674 g/mol. The molecule has 12 nitrogen and oxygen atoms in total. The number of benzene rings is 6. The number of nitrogens with two attached hydrogens (primary N) is 2. The van der Waals surface area contributed by atoms with Crippen LogP contribution in [0.5, 0.6) is 0 Å². The molecule has 0 saturated heterocycles. The largest absolute Gasteiger partial charge is 0.744 e. The lowest BCUT2D eigenvalue weighted by molar-refractivity contribution is 0.460. The van der Waals surface area contributed by atoms with Crippen molar-refractivity contribution in [3.8, 4) is 11.8 Å². The summed E-state index contributed by atoms with van der Waals surface area (Å²) in [6.45, 7) is 0. The Labute approximate surface area is 275 Å². The Kier molecular flexibility index (Phi) is 8.44. The van der Waals surface area contributed by atoms with Crippen LogP contribution in [0.25, 0.3) is 21.5 Å². The maximum atomic E-state index is 12.2. The van der Waals surface area contributed by atoms with E-state index >= 15 is 0 Å². The van der Waals surface area contributed by atoms with E-state index in [9.17, 15) is 25.9 Å². The molecular weight excluding hydrogens is 653 g/mol. The minimum atomic E-state index is -5.07. The van der Waals surface area contributed by atoms with Gasteiger partial charge in [0.25, 0.3) is 0 Å². The zero-order chi connectivity index (χ0) is 34.1. The van der Waals surface area contributed by atoms with Crippen LogP contribution in [0, 0.1) is 11.8 Å². The summed E-state index contributed by atoms with van der Waals surface area (Å²) in [4.78, 5) is -1.41. The molecule has 0 unspecified atom stereocenters. The highest BCUT2D eigenvalue weighted by Crippen LogP contribution is 2.33. The van der Waals surface area contributed by atoms with Crippen LogP contribution in [0.15, 0.2) is 139 Å². The molecule has 0 aliphatic heterocycles. The predicted molar refractivity (Wildman–Crippen MR) is 180 cm³/mol. The van der Waals surface area contributed by atoms with E-state index in [1.807, 2.05) is 24.3 Å². The molecule has 0 atom stereocenters. The summed E-state index contributed by atoms with van der Waals surface area (Å²) in [5, 5.41) is 19.5. The lowest BCUT2D eigenvalue weighted by Crippen LogP contribution is -2.02. The van der Waals surface area contributed by atoms with Crippen molar-refractivity contribution in [2.75, 3.05) is 11.5 Å². The second-order valence-electron chi connectivity index (χ2n) is 10.4. The van der Waals surface area contributed by atoms with Crippen molar-refractivity contribution < 1.29 is 25.9 Å². The van der Waals surface area contributed by atoms with Crippen LogP contribution in [0.3, 0.4) is 0 Å². The number of anilines is 2. The van der Waals surface area contributed by atoms with E-state index in [1.165, 1.54) is 24.3 Å². The van der Waals surface area contributed by atoms with Crippen LogP contribution >= 0.6 is 0 Å². The van der Waals surface area contributed by atoms with Gasteiger partial charge in [0.15, 0.2) is 0 Å². The number of rotatable bonds is 6. The highest BCUT2D eigenvalue weighted by molar-refractivity contribution is 7.86. The molecule has 6 rings (SSSR count). The number of nitrogens with zero attached hydrogens (tertiary/aromatic N) is 4. The third-order valence-corrected chi connectivity index (χ3v) is 8.97. The van der Waals surface area contributed by atoms with Gasteiger partial charge in [-0.2, -0.15) is 10.2 Å². The van der Waals surface area contributed by atoms with Crippen LogP contribution in [-0.4, -0.2) is 25.9 Å². The minimum Gasteiger partial charge on any atom is -0.744 e. The average Bonchev–Trinajstić information content (AvgIpc) is 3.06. The molecule has 0 amide bonds. The molecule has 0 aromatic heterocycles. The molecule has 48 heavy (non-hydrogen) atoms. The molecule has 0 aliphatic carbocycles. The Hall–Kier alpha value is -5.98. The third-order valence-electron chi connectivity index (χ3n) is 7.22. The normalized spacial score (nSPS) is 12.1. The molecular formula is C34H22N6O6S2-2. The van der Waals surface area contributed by atoms with Gasteiger partial charge in [0.05, 0.1) is 32.5 Å². The van der Waals surface area contributed by atoms with Crippen molar-refractivity contribution >= 4 is 75.9 Å². The molecule has 0 aliphatic rings. The Morgan fingerprint density at radius 2 is 0.854 bits per heavy atom. The van der Waals surface area contributed by atoms with E-state index in [1.54, 1.807) is 48.5 Å². The van der Waals surface area contributed by atoms with E-state index in [0.29, 0.717) is 22.7 Å². The van der Waals surface area contributed by atoms with E-state index < -0.39 is 30.0 Å². The van der Waals surface area contributed by atoms with Gasteiger partial charge in [-0.1, -0.05) is 60.4 Å². The average molecular weight is 675 g/mol. The van der Waals surface area contributed by atoms with Gasteiger partial charge in [-0.05, 0) is 60.7 Å². The minimum absolute atomic E-state index is 0.0438. The third kappa shape index (κ3) is 6.75. The van der Waals surface area contributed by atoms with Gasteiger partial charge in [0, 0.05) is 44.0 Å². The highest BCUT2D eigenvalue weighted by atomic mass is 32.2. The molecule has 0 radical (unpaired) electrons. The van der Waals surface area contributed by atoms with Crippen LogP contribution in [0.1, 0.15) is 11.1 Å². The number of hydrogen-bond acceptors (Lipinski definition) is 12. The Balaban J connectivity index is 1.34. The van der Waals surface area contributed by atoms with Crippen LogP contribution < -0.4 is 11.5 Å². The van der Waals surface area contributed by atoms with Crippen LogP contribution in [0.2, 0.25) is 0 Å². The fraction of sp³-hybridized carbons (Fsp3) is 0. The maximum Gasteiger partial charge on any atom is 0.125 e. The summed E-state index contributed by atoms with van der Waals surface area (Å²) in [6.07, 6.45) is 0. The summed E-state index contributed by atoms with van der Waals surface area (Å²) in [5.74, 6) is 5.00. The second-order valence-corrected chi connectivity index (χ2v) is 13.1. The zero-order valence-corrected chi connectivity index (χ0v) is 26.2. The van der Waals surface area contributed by atoms with Crippen molar-refractivity contribution in [1.82, 2.24) is 0 Å². The van der Waals surface area contributed by atoms with E-state index in [-0.39, 0.29) is 22.5 Å². The molecule has 14 heteroatoms. The van der Waals surface area contributed by atoms with Gasteiger partial charge in [0.1, 0.15) is 20.2 Å². The molecule has 0 heterocycles. The lowest BCUT2D eigenvalue weighted by Gasteiger charge is -2.11. The Morgan fingerprint density at radius 1 is 0.479 bits per heavy atom. The summed E-state index contributed by atoms with van der Waals surface area (Å²) in [6, 6.07) is 28.4. The van der Waals surface area contributed by atoms with Crippen molar-refractivity contribution in [3.05, 3.63) is 120 Å².